The van der Waals surface area contributed by atoms with Gasteiger partial charge in [-0.1, -0.05) is 47.1 Å². The molecule has 0 bridgehead atoms. The highest BCUT2D eigenvalue weighted by Crippen LogP contribution is 2.24. The number of benzene rings is 2. The zero-order valence-corrected chi connectivity index (χ0v) is 19.6. The van der Waals surface area contributed by atoms with E-state index in [0.717, 1.165) is 5.56 Å². The van der Waals surface area contributed by atoms with Gasteiger partial charge >= 0.3 is 0 Å². The number of carbonyl (C=O) groups excluding carboxylic acids is 2. The number of allylic oxidation sites excluding steroid dienone is 1. The third-order valence-electron chi connectivity index (χ3n) is 4.49. The molecule has 2 aromatic carbocycles. The zero-order valence-electron chi connectivity index (χ0n) is 17.3. The fourth-order valence-corrected chi connectivity index (χ4v) is 3.86. The van der Waals surface area contributed by atoms with Gasteiger partial charge in [0.05, 0.1) is 12.3 Å². The molecule has 2 amide bonds. The smallest absolute Gasteiger partial charge is 0.251 e. The normalized spacial score (nSPS) is 10.6. The number of hydrogen-bond acceptors (Lipinski definition) is 5. The third-order valence-corrected chi connectivity index (χ3v) is 6.12. The highest BCUT2D eigenvalue weighted by molar-refractivity contribution is 7.99. The second-order valence-electron chi connectivity index (χ2n) is 6.74. The van der Waals surface area contributed by atoms with Crippen LogP contribution in [0.2, 0.25) is 10.0 Å². The van der Waals surface area contributed by atoms with Crippen molar-refractivity contribution in [2.75, 3.05) is 11.1 Å². The van der Waals surface area contributed by atoms with E-state index in [-0.39, 0.29) is 24.1 Å². The highest BCUT2D eigenvalue weighted by Gasteiger charge is 2.15. The van der Waals surface area contributed by atoms with Gasteiger partial charge in [0.15, 0.2) is 11.0 Å². The van der Waals surface area contributed by atoms with E-state index in [4.69, 9.17) is 23.2 Å². The van der Waals surface area contributed by atoms with Crippen molar-refractivity contribution in [3.8, 4) is 0 Å². The zero-order chi connectivity index (χ0) is 23.1. The Morgan fingerprint density at radius 3 is 2.62 bits per heavy atom. The van der Waals surface area contributed by atoms with Crippen LogP contribution >= 0.6 is 35.0 Å². The van der Waals surface area contributed by atoms with Crippen LogP contribution in [-0.2, 0) is 17.9 Å². The molecule has 0 spiro atoms. The lowest BCUT2D eigenvalue weighted by Crippen LogP contribution is -2.24. The Morgan fingerprint density at radius 1 is 1.16 bits per heavy atom. The molecule has 0 radical (unpaired) electrons. The van der Waals surface area contributed by atoms with Gasteiger partial charge in [0.2, 0.25) is 5.91 Å². The van der Waals surface area contributed by atoms with Crippen LogP contribution in [0.25, 0.3) is 0 Å². The van der Waals surface area contributed by atoms with Crippen LogP contribution in [-0.4, -0.2) is 32.3 Å². The fourth-order valence-electron chi connectivity index (χ4n) is 2.79. The number of hydrogen-bond donors (Lipinski definition) is 2. The van der Waals surface area contributed by atoms with Crippen LogP contribution < -0.4 is 10.6 Å². The first kappa shape index (κ1) is 23.8. The molecule has 1 heterocycles. The van der Waals surface area contributed by atoms with Gasteiger partial charge in [-0.2, -0.15) is 0 Å². The van der Waals surface area contributed by atoms with Gasteiger partial charge in [-0.25, -0.2) is 0 Å². The monoisotopic (exact) mass is 489 g/mol. The number of rotatable bonds is 9. The summed E-state index contributed by atoms with van der Waals surface area (Å²) >= 11 is 13.2. The van der Waals surface area contributed by atoms with Crippen molar-refractivity contribution in [2.24, 2.45) is 0 Å². The number of aromatic nitrogens is 3. The molecule has 0 saturated heterocycles. The van der Waals surface area contributed by atoms with Crippen LogP contribution in [0.4, 0.5) is 5.69 Å². The van der Waals surface area contributed by atoms with E-state index in [9.17, 15) is 9.59 Å². The molecule has 0 aliphatic rings. The first-order chi connectivity index (χ1) is 15.4. The van der Waals surface area contributed by atoms with Gasteiger partial charge < -0.3 is 15.2 Å². The van der Waals surface area contributed by atoms with E-state index in [2.05, 4.69) is 27.4 Å². The first-order valence-corrected chi connectivity index (χ1v) is 11.4. The molecule has 0 aliphatic carbocycles. The van der Waals surface area contributed by atoms with E-state index >= 15 is 0 Å². The third kappa shape index (κ3) is 6.12. The lowest BCUT2D eigenvalue weighted by atomic mass is 10.2. The van der Waals surface area contributed by atoms with Crippen molar-refractivity contribution in [2.45, 2.75) is 25.2 Å². The average Bonchev–Trinajstić information content (AvgIpc) is 3.16. The molecule has 0 unspecified atom stereocenters. The van der Waals surface area contributed by atoms with Crippen molar-refractivity contribution < 1.29 is 9.59 Å². The molecule has 0 saturated carbocycles. The summed E-state index contributed by atoms with van der Waals surface area (Å²) in [6, 6.07) is 11.9. The fraction of sp³-hybridized carbons (Fsp3) is 0.182. The van der Waals surface area contributed by atoms with Crippen molar-refractivity contribution in [3.63, 3.8) is 0 Å². The van der Waals surface area contributed by atoms with Crippen molar-refractivity contribution in [1.29, 1.82) is 0 Å². The maximum Gasteiger partial charge on any atom is 0.251 e. The highest BCUT2D eigenvalue weighted by atomic mass is 35.5. The molecule has 2 N–H and O–H groups in total. The second kappa shape index (κ2) is 11.2. The predicted octanol–water partition coefficient (Wildman–Crippen LogP) is 4.74. The molecule has 7 nitrogen and oxygen atoms in total. The van der Waals surface area contributed by atoms with E-state index in [1.54, 1.807) is 53.1 Å². The SMILES string of the molecule is C=CCn1c(CNC(=O)c2ccc(Cl)cc2)nnc1SCC(=O)Nc1cccc(Cl)c1C. The number of anilines is 1. The molecule has 0 aliphatic heterocycles. The summed E-state index contributed by atoms with van der Waals surface area (Å²) in [5.74, 6) is 0.255. The lowest BCUT2D eigenvalue weighted by Gasteiger charge is -2.10. The lowest BCUT2D eigenvalue weighted by molar-refractivity contribution is -0.113. The molecule has 32 heavy (non-hydrogen) atoms. The Hall–Kier alpha value is -2.81. The van der Waals surface area contributed by atoms with Crippen molar-refractivity contribution in [3.05, 3.63) is 82.1 Å². The Bertz CT molecular complexity index is 1130. The maximum atomic E-state index is 12.4. The van der Waals surface area contributed by atoms with Gasteiger partial charge in [-0.05, 0) is 48.9 Å². The Balaban J connectivity index is 1.61. The number of amides is 2. The quantitative estimate of drug-likeness (QED) is 0.334. The summed E-state index contributed by atoms with van der Waals surface area (Å²) in [5.41, 5.74) is 1.97. The minimum absolute atomic E-state index is 0.137. The topological polar surface area (TPSA) is 88.9 Å². The summed E-state index contributed by atoms with van der Waals surface area (Å²) in [6.45, 7) is 6.22. The van der Waals surface area contributed by atoms with Gasteiger partial charge in [0.25, 0.3) is 5.91 Å². The predicted molar refractivity (Wildman–Crippen MR) is 128 cm³/mol. The Labute approximate surface area is 200 Å². The standard InChI is InChI=1S/C22H21Cl2N5O2S/c1-3-11-29-19(12-25-21(31)15-7-9-16(23)10-8-15)27-28-22(29)32-13-20(30)26-18-6-4-5-17(24)14(18)2/h3-10H,1,11-13H2,2H3,(H,25,31)(H,26,30). The minimum Gasteiger partial charge on any atom is -0.345 e. The van der Waals surface area contributed by atoms with Crippen molar-refractivity contribution in [1.82, 2.24) is 20.1 Å². The molecule has 0 atom stereocenters. The molecule has 0 fully saturated rings. The largest absolute Gasteiger partial charge is 0.345 e. The summed E-state index contributed by atoms with van der Waals surface area (Å²) < 4.78 is 1.80. The van der Waals surface area contributed by atoms with Crippen LogP contribution in [0.1, 0.15) is 21.7 Å². The summed E-state index contributed by atoms with van der Waals surface area (Å²) in [7, 11) is 0. The number of halogens is 2. The molecule has 3 rings (SSSR count). The maximum absolute atomic E-state index is 12.4. The second-order valence-corrected chi connectivity index (χ2v) is 8.52. The van der Waals surface area contributed by atoms with Gasteiger partial charge in [0.1, 0.15) is 0 Å². The minimum atomic E-state index is -0.250. The number of thioether (sulfide) groups is 1. The van der Waals surface area contributed by atoms with Crippen molar-refractivity contribution >= 4 is 52.5 Å². The molecular formula is C22H21Cl2N5O2S. The van der Waals surface area contributed by atoms with Crippen LogP contribution in [0.3, 0.4) is 0 Å². The summed E-state index contributed by atoms with van der Waals surface area (Å²) in [5, 5.41) is 15.7. The van der Waals surface area contributed by atoms with E-state index < -0.39 is 0 Å². The van der Waals surface area contributed by atoms with E-state index in [1.165, 1.54) is 11.8 Å². The van der Waals surface area contributed by atoms with Gasteiger partial charge in [-0.15, -0.1) is 16.8 Å². The summed E-state index contributed by atoms with van der Waals surface area (Å²) in [4.78, 5) is 24.7. The molecule has 1 aromatic heterocycles. The Kier molecular flexibility index (Phi) is 8.33. The van der Waals surface area contributed by atoms with Crippen LogP contribution in [0, 0.1) is 6.92 Å². The van der Waals surface area contributed by atoms with Crippen LogP contribution in [0.5, 0.6) is 0 Å². The Morgan fingerprint density at radius 2 is 1.91 bits per heavy atom. The number of nitrogens with zero attached hydrogens (tertiary/aromatic N) is 3. The van der Waals surface area contributed by atoms with E-state index in [1.807, 2.05) is 6.92 Å². The molecule has 10 heteroatoms. The molecule has 3 aromatic rings. The van der Waals surface area contributed by atoms with E-state index in [0.29, 0.717) is 38.8 Å². The van der Waals surface area contributed by atoms with Crippen LogP contribution in [0.15, 0.2) is 60.3 Å². The van der Waals surface area contributed by atoms with Gasteiger partial charge in [-0.3, -0.25) is 9.59 Å². The first-order valence-electron chi connectivity index (χ1n) is 9.63. The number of carbonyl (C=O) groups is 2. The van der Waals surface area contributed by atoms with Gasteiger partial charge in [0, 0.05) is 27.8 Å². The number of nitrogens with one attached hydrogen (secondary N) is 2. The molecular weight excluding hydrogens is 469 g/mol. The average molecular weight is 490 g/mol. The summed E-state index contributed by atoms with van der Waals surface area (Å²) in [6.07, 6.45) is 1.70. The molecule has 166 valence electrons.